The molecule has 4 heteroatoms. The van der Waals surface area contributed by atoms with Gasteiger partial charge in [-0.3, -0.25) is 0 Å². The second-order valence-corrected chi connectivity index (χ2v) is 5.41. The van der Waals surface area contributed by atoms with Gasteiger partial charge in [-0.05, 0) is 47.6 Å². The molecular formula is C10H16BrNOS. The van der Waals surface area contributed by atoms with E-state index in [1.807, 2.05) is 6.92 Å². The van der Waals surface area contributed by atoms with E-state index in [1.165, 1.54) is 9.35 Å². The highest BCUT2D eigenvalue weighted by Crippen LogP contribution is 2.22. The van der Waals surface area contributed by atoms with Gasteiger partial charge < -0.3 is 10.4 Å². The second kappa shape index (κ2) is 5.85. The van der Waals surface area contributed by atoms with Crippen LogP contribution >= 0.6 is 27.3 Å². The molecule has 14 heavy (non-hydrogen) atoms. The number of nitrogens with one attached hydrogen (secondary N) is 1. The third kappa shape index (κ3) is 4.09. The number of thiophene rings is 1. The molecule has 0 aromatic carbocycles. The van der Waals surface area contributed by atoms with Crippen LogP contribution in [0.15, 0.2) is 15.9 Å². The van der Waals surface area contributed by atoms with Crippen LogP contribution in [-0.4, -0.2) is 17.3 Å². The molecule has 0 saturated carbocycles. The highest BCUT2D eigenvalue weighted by molar-refractivity contribution is 9.10. The maximum Gasteiger partial charge on any atom is 0.0526 e. The quantitative estimate of drug-likeness (QED) is 0.868. The third-order valence-electron chi connectivity index (χ3n) is 2.00. The van der Waals surface area contributed by atoms with Crippen molar-refractivity contribution in [1.82, 2.24) is 5.32 Å². The first-order valence-corrected chi connectivity index (χ1v) is 6.40. The average Bonchev–Trinajstić information content (AvgIpc) is 2.46. The van der Waals surface area contributed by atoms with Crippen LogP contribution in [0.3, 0.4) is 0 Å². The van der Waals surface area contributed by atoms with Crippen molar-refractivity contribution in [3.8, 4) is 0 Å². The largest absolute Gasteiger partial charge is 0.393 e. The van der Waals surface area contributed by atoms with Gasteiger partial charge in [-0.25, -0.2) is 0 Å². The number of aliphatic hydroxyl groups excluding tert-OH is 1. The SMILES string of the molecule is CC(O)CC(C)NCc1sccc1Br. The molecule has 0 aliphatic carbocycles. The molecule has 80 valence electrons. The summed E-state index contributed by atoms with van der Waals surface area (Å²) in [6, 6.07) is 2.41. The Balaban J connectivity index is 2.30. The number of aliphatic hydroxyl groups is 1. The van der Waals surface area contributed by atoms with Gasteiger partial charge in [0.2, 0.25) is 0 Å². The van der Waals surface area contributed by atoms with Crippen LogP contribution < -0.4 is 5.32 Å². The Morgan fingerprint density at radius 3 is 2.79 bits per heavy atom. The molecule has 1 heterocycles. The first kappa shape index (κ1) is 12.2. The van der Waals surface area contributed by atoms with Crippen LogP contribution in [0.25, 0.3) is 0 Å². The van der Waals surface area contributed by atoms with Gasteiger partial charge in [-0.15, -0.1) is 11.3 Å². The number of hydrogen-bond acceptors (Lipinski definition) is 3. The van der Waals surface area contributed by atoms with Crippen molar-refractivity contribution in [2.45, 2.75) is 39.0 Å². The molecule has 0 spiro atoms. The molecule has 2 atom stereocenters. The summed E-state index contributed by atoms with van der Waals surface area (Å²) in [6.45, 7) is 4.78. The van der Waals surface area contributed by atoms with E-state index in [4.69, 9.17) is 0 Å². The van der Waals surface area contributed by atoms with E-state index in [9.17, 15) is 5.11 Å². The molecule has 1 rings (SSSR count). The zero-order chi connectivity index (χ0) is 10.6. The third-order valence-corrected chi connectivity index (χ3v) is 3.92. The lowest BCUT2D eigenvalue weighted by Gasteiger charge is -2.14. The molecule has 0 aliphatic heterocycles. The molecule has 2 unspecified atom stereocenters. The minimum absolute atomic E-state index is 0.232. The summed E-state index contributed by atoms with van der Waals surface area (Å²) in [5, 5.41) is 14.6. The maximum atomic E-state index is 9.19. The predicted molar refractivity (Wildman–Crippen MR) is 64.6 cm³/mol. The zero-order valence-corrected chi connectivity index (χ0v) is 10.9. The summed E-state index contributed by atoms with van der Waals surface area (Å²) in [7, 11) is 0. The fourth-order valence-electron chi connectivity index (χ4n) is 1.31. The molecule has 0 amide bonds. The van der Waals surface area contributed by atoms with Crippen LogP contribution in [0.1, 0.15) is 25.1 Å². The summed E-state index contributed by atoms with van der Waals surface area (Å²) >= 11 is 5.23. The van der Waals surface area contributed by atoms with Crippen LogP contribution in [0.4, 0.5) is 0 Å². The topological polar surface area (TPSA) is 32.3 Å². The Morgan fingerprint density at radius 1 is 1.57 bits per heavy atom. The van der Waals surface area contributed by atoms with Gasteiger partial charge in [-0.1, -0.05) is 0 Å². The lowest BCUT2D eigenvalue weighted by molar-refractivity contribution is 0.170. The van der Waals surface area contributed by atoms with E-state index in [1.54, 1.807) is 11.3 Å². The Bertz CT molecular complexity index is 275. The van der Waals surface area contributed by atoms with Crippen LogP contribution in [0, 0.1) is 0 Å². The normalized spacial score (nSPS) is 15.4. The lowest BCUT2D eigenvalue weighted by atomic mass is 10.1. The van der Waals surface area contributed by atoms with Crippen molar-refractivity contribution in [2.24, 2.45) is 0 Å². The van der Waals surface area contributed by atoms with E-state index in [-0.39, 0.29) is 6.10 Å². The Kier molecular flexibility index (Phi) is 5.09. The lowest BCUT2D eigenvalue weighted by Crippen LogP contribution is -2.28. The van der Waals surface area contributed by atoms with Gasteiger partial charge in [0.05, 0.1) is 6.10 Å². The van der Waals surface area contributed by atoms with Crippen LogP contribution in [0.5, 0.6) is 0 Å². The van der Waals surface area contributed by atoms with Gasteiger partial charge in [-0.2, -0.15) is 0 Å². The van der Waals surface area contributed by atoms with Crippen LogP contribution in [0.2, 0.25) is 0 Å². The molecule has 2 N–H and O–H groups in total. The molecule has 0 radical (unpaired) electrons. The molecule has 1 aromatic rings. The summed E-state index contributed by atoms with van der Waals surface area (Å²) in [5.74, 6) is 0. The summed E-state index contributed by atoms with van der Waals surface area (Å²) < 4.78 is 1.17. The van der Waals surface area contributed by atoms with Gasteiger partial charge in [0, 0.05) is 21.9 Å². The predicted octanol–water partition coefficient (Wildman–Crippen LogP) is 2.76. The van der Waals surface area contributed by atoms with Gasteiger partial charge in [0.1, 0.15) is 0 Å². The van der Waals surface area contributed by atoms with Crippen molar-refractivity contribution in [3.63, 3.8) is 0 Å². The molecular weight excluding hydrogens is 262 g/mol. The number of rotatable bonds is 5. The van der Waals surface area contributed by atoms with E-state index in [2.05, 4.69) is 39.6 Å². The first-order valence-electron chi connectivity index (χ1n) is 4.73. The first-order chi connectivity index (χ1) is 6.59. The van der Waals surface area contributed by atoms with Crippen molar-refractivity contribution in [1.29, 1.82) is 0 Å². The van der Waals surface area contributed by atoms with E-state index in [0.717, 1.165) is 13.0 Å². The number of hydrogen-bond donors (Lipinski definition) is 2. The van der Waals surface area contributed by atoms with Crippen molar-refractivity contribution < 1.29 is 5.11 Å². The molecule has 1 aromatic heterocycles. The fraction of sp³-hybridized carbons (Fsp3) is 0.600. The number of halogens is 1. The smallest absolute Gasteiger partial charge is 0.0526 e. The highest BCUT2D eigenvalue weighted by Gasteiger charge is 2.07. The fourth-order valence-corrected chi connectivity index (χ4v) is 2.76. The van der Waals surface area contributed by atoms with E-state index >= 15 is 0 Å². The van der Waals surface area contributed by atoms with Crippen molar-refractivity contribution in [3.05, 3.63) is 20.8 Å². The van der Waals surface area contributed by atoms with Gasteiger partial charge in [0.15, 0.2) is 0 Å². The molecule has 0 fully saturated rings. The van der Waals surface area contributed by atoms with Crippen molar-refractivity contribution in [2.75, 3.05) is 0 Å². The van der Waals surface area contributed by atoms with Gasteiger partial charge in [0.25, 0.3) is 0 Å². The van der Waals surface area contributed by atoms with E-state index < -0.39 is 0 Å². The molecule has 0 aliphatic rings. The summed E-state index contributed by atoms with van der Waals surface area (Å²) in [4.78, 5) is 1.31. The second-order valence-electron chi connectivity index (χ2n) is 3.56. The monoisotopic (exact) mass is 277 g/mol. The Labute approximate surface area is 97.5 Å². The van der Waals surface area contributed by atoms with E-state index in [0.29, 0.717) is 6.04 Å². The van der Waals surface area contributed by atoms with Crippen LogP contribution in [-0.2, 0) is 6.54 Å². The maximum absolute atomic E-state index is 9.19. The minimum Gasteiger partial charge on any atom is -0.393 e. The van der Waals surface area contributed by atoms with Gasteiger partial charge >= 0.3 is 0 Å². The highest BCUT2D eigenvalue weighted by atomic mass is 79.9. The van der Waals surface area contributed by atoms with Crippen molar-refractivity contribution >= 4 is 27.3 Å². The Morgan fingerprint density at radius 2 is 2.29 bits per heavy atom. The Hall–Kier alpha value is 0.100. The molecule has 0 bridgehead atoms. The standard InChI is InChI=1S/C10H16BrNOS/c1-7(5-8(2)13)12-6-10-9(11)3-4-14-10/h3-4,7-8,12-13H,5-6H2,1-2H3. The molecule has 2 nitrogen and oxygen atoms in total. The average molecular weight is 278 g/mol. The summed E-state index contributed by atoms with van der Waals surface area (Å²) in [6.07, 6.45) is 0.562. The minimum atomic E-state index is -0.232. The zero-order valence-electron chi connectivity index (χ0n) is 8.46. The molecule has 0 saturated heterocycles. The summed E-state index contributed by atoms with van der Waals surface area (Å²) in [5.41, 5.74) is 0.